The van der Waals surface area contributed by atoms with Crippen LogP contribution in [0.25, 0.3) is 10.9 Å². The zero-order valence-electron chi connectivity index (χ0n) is 14.3. The monoisotopic (exact) mass is 417 g/mol. The number of H-pyrrole nitrogens is 1. The molecule has 0 fully saturated rings. The number of aromatic amines is 1. The largest absolute Gasteiger partial charge is 0.329 e. The average molecular weight is 418 g/mol. The van der Waals surface area contributed by atoms with Crippen LogP contribution in [0.15, 0.2) is 51.7 Å². The molecular weight excluding hydrogens is 401 g/mol. The van der Waals surface area contributed by atoms with E-state index in [1.807, 2.05) is 13.8 Å². The van der Waals surface area contributed by atoms with E-state index in [1.54, 1.807) is 29.2 Å². The van der Waals surface area contributed by atoms with Crippen LogP contribution in [-0.2, 0) is 6.54 Å². The SMILES string of the molecule is CC(C)N(Cc1nc2ccccc2c(=O)[nH]1)C(=O)c1ccc(F)cc1Br. The van der Waals surface area contributed by atoms with Gasteiger partial charge >= 0.3 is 0 Å². The molecule has 0 unspecified atom stereocenters. The van der Waals surface area contributed by atoms with Crippen molar-refractivity contribution < 1.29 is 9.18 Å². The minimum absolute atomic E-state index is 0.139. The Labute approximate surface area is 158 Å². The lowest BCUT2D eigenvalue weighted by Crippen LogP contribution is -2.37. The third-order valence-corrected chi connectivity index (χ3v) is 4.68. The van der Waals surface area contributed by atoms with Gasteiger partial charge in [-0.05, 0) is 60.1 Å². The molecule has 2 aromatic carbocycles. The quantitative estimate of drug-likeness (QED) is 0.700. The summed E-state index contributed by atoms with van der Waals surface area (Å²) in [7, 11) is 0. The summed E-state index contributed by atoms with van der Waals surface area (Å²) in [5, 5.41) is 0.500. The third-order valence-electron chi connectivity index (χ3n) is 4.03. The highest BCUT2D eigenvalue weighted by Gasteiger charge is 2.22. The van der Waals surface area contributed by atoms with Gasteiger partial charge in [0, 0.05) is 10.5 Å². The van der Waals surface area contributed by atoms with Crippen molar-refractivity contribution >= 4 is 32.7 Å². The van der Waals surface area contributed by atoms with E-state index >= 15 is 0 Å². The normalized spacial score (nSPS) is 11.1. The molecule has 0 bridgehead atoms. The highest BCUT2D eigenvalue weighted by Crippen LogP contribution is 2.21. The number of halogens is 2. The van der Waals surface area contributed by atoms with E-state index in [-0.39, 0.29) is 24.1 Å². The lowest BCUT2D eigenvalue weighted by molar-refractivity contribution is 0.0684. The molecule has 0 saturated heterocycles. The summed E-state index contributed by atoms with van der Waals surface area (Å²) < 4.78 is 13.7. The van der Waals surface area contributed by atoms with Crippen LogP contribution < -0.4 is 5.56 Å². The number of nitrogens with zero attached hydrogens (tertiary/aromatic N) is 2. The van der Waals surface area contributed by atoms with Gasteiger partial charge in [0.1, 0.15) is 11.6 Å². The van der Waals surface area contributed by atoms with Gasteiger partial charge in [-0.25, -0.2) is 9.37 Å². The van der Waals surface area contributed by atoms with Crippen LogP contribution in [0.4, 0.5) is 4.39 Å². The van der Waals surface area contributed by atoms with Crippen LogP contribution in [0.3, 0.4) is 0 Å². The molecule has 0 spiro atoms. The summed E-state index contributed by atoms with van der Waals surface area (Å²) in [6.07, 6.45) is 0. The maximum Gasteiger partial charge on any atom is 0.258 e. The van der Waals surface area contributed by atoms with Crippen molar-refractivity contribution in [3.8, 4) is 0 Å². The number of rotatable bonds is 4. The number of para-hydroxylation sites is 1. The molecule has 0 saturated carbocycles. The lowest BCUT2D eigenvalue weighted by atomic mass is 10.1. The fraction of sp³-hybridized carbons (Fsp3) is 0.211. The zero-order chi connectivity index (χ0) is 18.8. The van der Waals surface area contributed by atoms with Gasteiger partial charge in [-0.1, -0.05) is 12.1 Å². The molecule has 134 valence electrons. The molecule has 7 heteroatoms. The molecule has 5 nitrogen and oxygen atoms in total. The molecule has 0 aliphatic carbocycles. The molecule has 1 N–H and O–H groups in total. The predicted octanol–water partition coefficient (Wildman–Crippen LogP) is 3.88. The van der Waals surface area contributed by atoms with E-state index < -0.39 is 5.82 Å². The topological polar surface area (TPSA) is 66.1 Å². The van der Waals surface area contributed by atoms with Crippen LogP contribution in [0.2, 0.25) is 0 Å². The summed E-state index contributed by atoms with van der Waals surface area (Å²) in [6.45, 7) is 3.88. The first-order valence-electron chi connectivity index (χ1n) is 8.11. The smallest absolute Gasteiger partial charge is 0.258 e. The van der Waals surface area contributed by atoms with Crippen molar-refractivity contribution in [2.45, 2.75) is 26.4 Å². The van der Waals surface area contributed by atoms with E-state index in [9.17, 15) is 14.0 Å². The average Bonchev–Trinajstić information content (AvgIpc) is 2.59. The van der Waals surface area contributed by atoms with Gasteiger partial charge in [0.2, 0.25) is 0 Å². The molecule has 0 atom stereocenters. The zero-order valence-corrected chi connectivity index (χ0v) is 15.9. The number of carbonyl (C=O) groups is 1. The number of fused-ring (bicyclic) bond motifs is 1. The molecule has 0 aliphatic rings. The van der Waals surface area contributed by atoms with Crippen LogP contribution in [0.5, 0.6) is 0 Å². The fourth-order valence-electron chi connectivity index (χ4n) is 2.68. The number of aromatic nitrogens is 2. The highest BCUT2D eigenvalue weighted by molar-refractivity contribution is 9.10. The maximum atomic E-state index is 13.3. The Kier molecular flexibility index (Phi) is 5.18. The van der Waals surface area contributed by atoms with Crippen LogP contribution in [-0.4, -0.2) is 26.8 Å². The van der Waals surface area contributed by atoms with Gasteiger partial charge in [-0.3, -0.25) is 9.59 Å². The summed E-state index contributed by atoms with van der Waals surface area (Å²) in [4.78, 5) is 33.9. The van der Waals surface area contributed by atoms with Gasteiger partial charge in [0.25, 0.3) is 11.5 Å². The number of amides is 1. The second-order valence-electron chi connectivity index (χ2n) is 6.18. The number of carbonyl (C=O) groups excluding carboxylic acids is 1. The predicted molar refractivity (Wildman–Crippen MR) is 101 cm³/mol. The Bertz CT molecular complexity index is 1030. The summed E-state index contributed by atoms with van der Waals surface area (Å²) in [5.74, 6) is -0.304. The Morgan fingerprint density at radius 1 is 1.27 bits per heavy atom. The number of hydrogen-bond donors (Lipinski definition) is 1. The Morgan fingerprint density at radius 2 is 2.00 bits per heavy atom. The first-order valence-corrected chi connectivity index (χ1v) is 8.90. The molecule has 26 heavy (non-hydrogen) atoms. The van der Waals surface area contributed by atoms with Gasteiger partial charge in [0.05, 0.1) is 23.0 Å². The van der Waals surface area contributed by atoms with Crippen molar-refractivity contribution in [1.82, 2.24) is 14.9 Å². The minimum atomic E-state index is -0.426. The molecule has 1 heterocycles. The Balaban J connectivity index is 1.96. The van der Waals surface area contributed by atoms with Crippen molar-refractivity contribution in [1.29, 1.82) is 0 Å². The molecule has 3 aromatic rings. The third kappa shape index (κ3) is 3.67. The van der Waals surface area contributed by atoms with Gasteiger partial charge < -0.3 is 9.88 Å². The van der Waals surface area contributed by atoms with Crippen molar-refractivity contribution in [2.75, 3.05) is 0 Å². The van der Waals surface area contributed by atoms with Gasteiger partial charge in [-0.2, -0.15) is 0 Å². The molecule has 1 amide bonds. The van der Waals surface area contributed by atoms with Crippen molar-refractivity contribution in [3.63, 3.8) is 0 Å². The molecular formula is C19H17BrFN3O2. The van der Waals surface area contributed by atoms with Crippen LogP contribution in [0.1, 0.15) is 30.0 Å². The van der Waals surface area contributed by atoms with Crippen molar-refractivity contribution in [2.24, 2.45) is 0 Å². The first kappa shape index (κ1) is 18.3. The minimum Gasteiger partial charge on any atom is -0.329 e. The summed E-state index contributed by atoms with van der Waals surface area (Å²) in [5.41, 5.74) is 0.679. The van der Waals surface area contributed by atoms with Crippen LogP contribution >= 0.6 is 15.9 Å². The second kappa shape index (κ2) is 7.37. The van der Waals surface area contributed by atoms with Crippen molar-refractivity contribution in [3.05, 3.63) is 74.5 Å². The fourth-order valence-corrected chi connectivity index (χ4v) is 3.20. The lowest BCUT2D eigenvalue weighted by Gasteiger charge is -2.26. The van der Waals surface area contributed by atoms with Gasteiger partial charge in [-0.15, -0.1) is 0 Å². The Morgan fingerprint density at radius 3 is 2.69 bits per heavy atom. The van der Waals surface area contributed by atoms with Crippen LogP contribution in [0, 0.1) is 5.82 Å². The summed E-state index contributed by atoms with van der Waals surface area (Å²) >= 11 is 3.23. The van der Waals surface area contributed by atoms with E-state index in [0.29, 0.717) is 26.8 Å². The van der Waals surface area contributed by atoms with E-state index in [0.717, 1.165) is 0 Å². The molecule has 0 aliphatic heterocycles. The summed E-state index contributed by atoms with van der Waals surface area (Å²) in [6, 6.07) is 10.8. The molecule has 1 aromatic heterocycles. The maximum absolute atomic E-state index is 13.3. The standard InChI is InChI=1S/C19H17BrFN3O2/c1-11(2)24(19(26)13-8-7-12(21)9-15(13)20)10-17-22-16-6-4-3-5-14(16)18(25)23-17/h3-9,11H,10H2,1-2H3,(H,22,23,25). The van der Waals surface area contributed by atoms with E-state index in [4.69, 9.17) is 0 Å². The number of hydrogen-bond acceptors (Lipinski definition) is 3. The molecule has 3 rings (SSSR count). The van der Waals surface area contributed by atoms with Gasteiger partial charge in [0.15, 0.2) is 0 Å². The molecule has 0 radical (unpaired) electrons. The van der Waals surface area contributed by atoms with E-state index in [2.05, 4.69) is 25.9 Å². The second-order valence-corrected chi connectivity index (χ2v) is 7.04. The van der Waals surface area contributed by atoms with E-state index in [1.165, 1.54) is 18.2 Å². The number of benzene rings is 2. The first-order chi connectivity index (χ1) is 12.4. The number of nitrogens with one attached hydrogen (secondary N) is 1. The highest BCUT2D eigenvalue weighted by atomic mass is 79.9. The Hall–Kier alpha value is -2.54.